The smallest absolute Gasteiger partial charge is 0.383 e. The second kappa shape index (κ2) is 10.3. The van der Waals surface area contributed by atoms with Crippen LogP contribution in [0.1, 0.15) is 21.7 Å². The number of aromatic nitrogens is 2. The highest BCUT2D eigenvalue weighted by Gasteiger charge is 2.38. The number of amides is 2. The number of carbonyl (C=O) groups is 2. The van der Waals surface area contributed by atoms with Gasteiger partial charge in [-0.3, -0.25) is 9.59 Å². The Hall–Kier alpha value is -3.72. The van der Waals surface area contributed by atoms with Crippen LogP contribution in [0.4, 0.5) is 18.9 Å². The molecular weight excluding hydrogens is 441 g/mol. The van der Waals surface area contributed by atoms with Crippen molar-refractivity contribution < 1.29 is 27.5 Å². The number of piperazine rings is 1. The third kappa shape index (κ3) is 5.56. The third-order valence-electron chi connectivity index (χ3n) is 5.10. The normalized spacial score (nSPS) is 16.3. The lowest BCUT2D eigenvalue weighted by molar-refractivity contribution is -0.137. The van der Waals surface area contributed by atoms with Crippen LogP contribution in [0, 0.1) is 11.3 Å². The van der Waals surface area contributed by atoms with Crippen LogP contribution >= 0.6 is 0 Å². The van der Waals surface area contributed by atoms with Crippen LogP contribution in [0.5, 0.6) is 0 Å². The van der Waals surface area contributed by atoms with E-state index < -0.39 is 35.2 Å². The van der Waals surface area contributed by atoms with Gasteiger partial charge in [-0.1, -0.05) is 0 Å². The number of anilines is 1. The Balaban J connectivity index is 1.89. The number of alkyl halides is 3. The monoisotopic (exact) mass is 462 g/mol. The number of halogens is 3. The lowest BCUT2D eigenvalue weighted by Crippen LogP contribution is -2.61. The molecule has 1 aliphatic rings. The van der Waals surface area contributed by atoms with Gasteiger partial charge >= 0.3 is 6.18 Å². The van der Waals surface area contributed by atoms with Gasteiger partial charge in [0.15, 0.2) is 0 Å². The Labute approximate surface area is 187 Å². The Kier molecular flexibility index (Phi) is 7.44. The molecule has 1 aromatic heterocycles. The summed E-state index contributed by atoms with van der Waals surface area (Å²) in [5, 5.41) is 11.7. The quantitative estimate of drug-likeness (QED) is 0.647. The minimum Gasteiger partial charge on any atom is -0.383 e. The number of hydrogen-bond donors (Lipinski definition) is 1. The summed E-state index contributed by atoms with van der Waals surface area (Å²) in [4.78, 5) is 36.6. The average molecular weight is 462 g/mol. The first-order valence-corrected chi connectivity index (χ1v) is 9.97. The van der Waals surface area contributed by atoms with E-state index in [0.29, 0.717) is 0 Å². The molecule has 1 atom stereocenters. The van der Waals surface area contributed by atoms with Crippen molar-refractivity contribution in [3.63, 3.8) is 0 Å². The van der Waals surface area contributed by atoms with Gasteiger partial charge in [0.1, 0.15) is 6.04 Å². The Morgan fingerprint density at radius 1 is 1.27 bits per heavy atom. The maximum Gasteiger partial charge on any atom is 0.417 e. The van der Waals surface area contributed by atoms with Crippen molar-refractivity contribution in [2.45, 2.75) is 12.2 Å². The zero-order valence-electron chi connectivity index (χ0n) is 17.7. The van der Waals surface area contributed by atoms with Gasteiger partial charge in [-0.05, 0) is 24.3 Å². The van der Waals surface area contributed by atoms with Crippen molar-refractivity contribution in [2.24, 2.45) is 0 Å². The highest BCUT2D eigenvalue weighted by molar-refractivity contribution is 5.95. The SMILES string of the molecule is COCCNC(=O)C1CN(c2ccc(C#N)c(C(F)(F)F)c2)CCN1C(=O)c1ncccn1. The minimum absolute atomic E-state index is 0.0550. The maximum atomic E-state index is 13.4. The van der Waals surface area contributed by atoms with Crippen LogP contribution in [-0.4, -0.2) is 72.6 Å². The van der Waals surface area contributed by atoms with Crippen LogP contribution < -0.4 is 10.2 Å². The van der Waals surface area contributed by atoms with Gasteiger partial charge in [-0.15, -0.1) is 0 Å². The number of methoxy groups -OCH3 is 1. The van der Waals surface area contributed by atoms with Crippen molar-refractivity contribution in [3.05, 3.63) is 53.6 Å². The molecule has 2 amide bonds. The van der Waals surface area contributed by atoms with Crippen LogP contribution in [0.25, 0.3) is 0 Å². The van der Waals surface area contributed by atoms with E-state index in [-0.39, 0.29) is 44.3 Å². The molecular formula is C21H21F3N6O3. The van der Waals surface area contributed by atoms with Crippen LogP contribution in [0.2, 0.25) is 0 Å². The fraction of sp³-hybridized carbons (Fsp3) is 0.381. The lowest BCUT2D eigenvalue weighted by Gasteiger charge is -2.41. The second-order valence-corrected chi connectivity index (χ2v) is 7.16. The summed E-state index contributed by atoms with van der Waals surface area (Å²) in [7, 11) is 1.47. The molecule has 1 aromatic carbocycles. The standard InChI is InChI=1S/C21H21F3N6O3/c1-33-10-7-28-19(31)17-13-29(8-9-30(17)20(32)18-26-5-2-6-27-18)15-4-3-14(12-25)16(11-15)21(22,23)24/h2-6,11,17H,7-10,13H2,1H3,(H,28,31). The summed E-state index contributed by atoms with van der Waals surface area (Å²) >= 11 is 0. The van der Waals surface area contributed by atoms with E-state index in [0.717, 1.165) is 12.1 Å². The van der Waals surface area contributed by atoms with Crippen molar-refractivity contribution in [2.75, 3.05) is 44.8 Å². The molecule has 174 valence electrons. The number of benzene rings is 1. The summed E-state index contributed by atoms with van der Waals surface area (Å²) in [6.45, 7) is 0.623. The fourth-order valence-electron chi connectivity index (χ4n) is 3.48. The van der Waals surface area contributed by atoms with Crippen LogP contribution in [0.15, 0.2) is 36.7 Å². The predicted molar refractivity (Wildman–Crippen MR) is 110 cm³/mol. The molecule has 33 heavy (non-hydrogen) atoms. The second-order valence-electron chi connectivity index (χ2n) is 7.16. The van der Waals surface area contributed by atoms with E-state index in [2.05, 4.69) is 15.3 Å². The van der Waals surface area contributed by atoms with Crippen LogP contribution in [-0.2, 0) is 15.7 Å². The Morgan fingerprint density at radius 2 is 2.00 bits per heavy atom. The van der Waals surface area contributed by atoms with Gasteiger partial charge in [-0.2, -0.15) is 18.4 Å². The molecule has 12 heteroatoms. The summed E-state index contributed by atoms with van der Waals surface area (Å²) < 4.78 is 45.1. The van der Waals surface area contributed by atoms with Gasteiger partial charge in [0.25, 0.3) is 5.91 Å². The largest absolute Gasteiger partial charge is 0.417 e. The molecule has 1 fully saturated rings. The third-order valence-corrected chi connectivity index (χ3v) is 5.10. The van der Waals surface area contributed by atoms with Gasteiger partial charge in [0.05, 0.1) is 23.8 Å². The van der Waals surface area contributed by atoms with Gasteiger partial charge < -0.3 is 19.9 Å². The van der Waals surface area contributed by atoms with Gasteiger partial charge in [0, 0.05) is 51.4 Å². The number of ether oxygens (including phenoxy) is 1. The highest BCUT2D eigenvalue weighted by atomic mass is 19.4. The zero-order chi connectivity index (χ0) is 24.0. The molecule has 3 rings (SSSR count). The molecule has 1 aliphatic heterocycles. The Morgan fingerprint density at radius 3 is 2.64 bits per heavy atom. The van der Waals surface area contributed by atoms with Crippen LogP contribution in [0.3, 0.4) is 0 Å². The molecule has 1 N–H and O–H groups in total. The van der Waals surface area contributed by atoms with E-state index in [4.69, 9.17) is 10.00 Å². The van der Waals surface area contributed by atoms with Crippen molar-refractivity contribution in [1.29, 1.82) is 5.26 Å². The molecule has 1 unspecified atom stereocenters. The molecule has 0 radical (unpaired) electrons. The van der Waals surface area contributed by atoms with E-state index >= 15 is 0 Å². The molecule has 9 nitrogen and oxygen atoms in total. The number of nitrogens with one attached hydrogen (secondary N) is 1. The molecule has 0 bridgehead atoms. The van der Waals surface area contributed by atoms with Crippen molar-refractivity contribution >= 4 is 17.5 Å². The first kappa shape index (κ1) is 23.9. The van der Waals surface area contributed by atoms with Crippen molar-refractivity contribution in [1.82, 2.24) is 20.2 Å². The first-order valence-electron chi connectivity index (χ1n) is 9.97. The summed E-state index contributed by atoms with van der Waals surface area (Å²) in [6, 6.07) is 5.47. The number of nitriles is 1. The maximum absolute atomic E-state index is 13.4. The number of rotatable bonds is 6. The summed E-state index contributed by atoms with van der Waals surface area (Å²) in [5.74, 6) is -1.12. The van der Waals surface area contributed by atoms with Gasteiger partial charge in [-0.25, -0.2) is 9.97 Å². The summed E-state index contributed by atoms with van der Waals surface area (Å²) in [5.41, 5.74) is -1.35. The molecule has 0 spiro atoms. The molecule has 2 heterocycles. The summed E-state index contributed by atoms with van der Waals surface area (Å²) in [6.07, 6.45) is -1.90. The first-order chi connectivity index (χ1) is 15.8. The molecule has 1 saturated heterocycles. The number of hydrogen-bond acceptors (Lipinski definition) is 7. The minimum atomic E-state index is -4.71. The molecule has 0 aliphatic carbocycles. The average Bonchev–Trinajstić information content (AvgIpc) is 2.83. The van der Waals surface area contributed by atoms with Gasteiger partial charge in [0.2, 0.25) is 11.7 Å². The van der Waals surface area contributed by atoms with E-state index in [1.165, 1.54) is 30.5 Å². The molecule has 0 saturated carbocycles. The highest BCUT2D eigenvalue weighted by Crippen LogP contribution is 2.35. The number of carbonyl (C=O) groups excluding carboxylic acids is 2. The van der Waals surface area contributed by atoms with E-state index in [9.17, 15) is 22.8 Å². The molecule has 2 aromatic rings. The Bertz CT molecular complexity index is 1040. The van der Waals surface area contributed by atoms with E-state index in [1.54, 1.807) is 17.0 Å². The zero-order valence-corrected chi connectivity index (χ0v) is 17.7. The van der Waals surface area contributed by atoms with Crippen molar-refractivity contribution in [3.8, 4) is 6.07 Å². The lowest BCUT2D eigenvalue weighted by atomic mass is 10.0. The predicted octanol–water partition coefficient (Wildman–Crippen LogP) is 1.46. The fourth-order valence-corrected chi connectivity index (χ4v) is 3.48. The van der Waals surface area contributed by atoms with E-state index in [1.807, 2.05) is 0 Å². The topological polar surface area (TPSA) is 111 Å². The number of nitrogens with zero attached hydrogens (tertiary/aromatic N) is 5.